The molecule has 0 spiro atoms. The van der Waals surface area contributed by atoms with E-state index in [1.54, 1.807) is 48.5 Å². The summed E-state index contributed by atoms with van der Waals surface area (Å²) in [6.45, 7) is 0. The van der Waals surface area contributed by atoms with Crippen LogP contribution in [0.4, 0.5) is 11.4 Å². The van der Waals surface area contributed by atoms with Crippen molar-refractivity contribution in [3.8, 4) is 0 Å². The molecule has 0 aromatic heterocycles. The first kappa shape index (κ1) is 12.0. The Morgan fingerprint density at radius 3 is 1.82 bits per heavy atom. The van der Waals surface area contributed by atoms with Crippen LogP contribution in [0.15, 0.2) is 48.5 Å². The van der Waals surface area contributed by atoms with Gasteiger partial charge in [-0.05, 0) is 48.5 Å². The Kier molecular flexibility index (Phi) is 3.74. The highest BCUT2D eigenvalue weighted by Crippen LogP contribution is 2.19. The Bertz CT molecular complexity index is 485. The molecule has 0 radical (unpaired) electrons. The fourth-order valence-corrected chi connectivity index (χ4v) is 1.55. The van der Waals surface area contributed by atoms with Crippen molar-refractivity contribution in [3.05, 3.63) is 58.6 Å². The van der Waals surface area contributed by atoms with Crippen molar-refractivity contribution in [2.75, 3.05) is 10.6 Å². The molecular formula is C12H10Cl2N2O. The molecule has 0 saturated heterocycles. The maximum absolute atomic E-state index is 9.78. The molecule has 0 amide bonds. The maximum Gasteiger partial charge on any atom is 0.0877 e. The fraction of sp³-hybridized carbons (Fsp3) is 0. The van der Waals surface area contributed by atoms with Gasteiger partial charge in [0.25, 0.3) is 0 Å². The van der Waals surface area contributed by atoms with E-state index in [1.165, 1.54) is 0 Å². The number of benzene rings is 2. The van der Waals surface area contributed by atoms with Crippen molar-refractivity contribution < 1.29 is 5.21 Å². The summed E-state index contributed by atoms with van der Waals surface area (Å²) in [4.78, 5) is 0. The fourth-order valence-electron chi connectivity index (χ4n) is 1.29. The van der Waals surface area contributed by atoms with Crippen LogP contribution in [0, 0.1) is 0 Å². The lowest BCUT2D eigenvalue weighted by atomic mass is 10.3. The molecule has 17 heavy (non-hydrogen) atoms. The lowest BCUT2D eigenvalue weighted by Gasteiger charge is -2.18. The number of hydrogen-bond acceptors (Lipinski definition) is 3. The van der Waals surface area contributed by atoms with Gasteiger partial charge in [0.2, 0.25) is 0 Å². The number of hydrazine groups is 1. The molecular weight excluding hydrogens is 259 g/mol. The van der Waals surface area contributed by atoms with Crippen molar-refractivity contribution in [1.82, 2.24) is 0 Å². The van der Waals surface area contributed by atoms with Gasteiger partial charge in [0.05, 0.1) is 11.4 Å². The van der Waals surface area contributed by atoms with Crippen LogP contribution in [-0.4, -0.2) is 5.21 Å². The van der Waals surface area contributed by atoms with Gasteiger partial charge in [-0.3, -0.25) is 10.6 Å². The molecule has 0 fully saturated rings. The molecule has 0 aliphatic rings. The van der Waals surface area contributed by atoms with Gasteiger partial charge in [-0.15, -0.1) is 0 Å². The SMILES string of the molecule is ON(Nc1ccc(Cl)cc1)c1ccc(Cl)cc1. The van der Waals surface area contributed by atoms with Gasteiger partial charge in [0.1, 0.15) is 0 Å². The predicted octanol–water partition coefficient (Wildman–Crippen LogP) is 4.22. The summed E-state index contributed by atoms with van der Waals surface area (Å²) in [5.74, 6) is 0. The quantitative estimate of drug-likeness (QED) is 0.819. The Hall–Kier alpha value is -1.42. The molecule has 2 aromatic carbocycles. The highest BCUT2D eigenvalue weighted by atomic mass is 35.5. The van der Waals surface area contributed by atoms with Crippen LogP contribution >= 0.6 is 23.2 Å². The molecule has 0 aliphatic heterocycles. The Morgan fingerprint density at radius 1 is 0.824 bits per heavy atom. The number of halogens is 2. The molecule has 2 N–H and O–H groups in total. The van der Waals surface area contributed by atoms with E-state index in [-0.39, 0.29) is 0 Å². The highest BCUT2D eigenvalue weighted by Gasteiger charge is 2.02. The molecule has 0 heterocycles. The van der Waals surface area contributed by atoms with E-state index in [0.717, 1.165) is 10.9 Å². The van der Waals surface area contributed by atoms with Crippen LogP contribution in [0.2, 0.25) is 10.0 Å². The Balaban J connectivity index is 2.08. The van der Waals surface area contributed by atoms with Gasteiger partial charge < -0.3 is 0 Å². The first-order valence-corrected chi connectivity index (χ1v) is 5.67. The molecule has 0 aliphatic carbocycles. The molecule has 0 atom stereocenters. The van der Waals surface area contributed by atoms with E-state index in [9.17, 15) is 5.21 Å². The average Bonchev–Trinajstić information content (AvgIpc) is 2.33. The zero-order valence-electron chi connectivity index (χ0n) is 8.77. The van der Waals surface area contributed by atoms with Gasteiger partial charge in [-0.2, -0.15) is 5.17 Å². The minimum atomic E-state index is 0.587. The number of nitrogens with one attached hydrogen (secondary N) is 1. The second-order valence-corrected chi connectivity index (χ2v) is 4.28. The van der Waals surface area contributed by atoms with E-state index in [4.69, 9.17) is 23.2 Å². The zero-order chi connectivity index (χ0) is 12.3. The molecule has 88 valence electrons. The van der Waals surface area contributed by atoms with Crippen LogP contribution in [-0.2, 0) is 0 Å². The molecule has 2 rings (SSSR count). The van der Waals surface area contributed by atoms with Crippen LogP contribution in [0.25, 0.3) is 0 Å². The first-order valence-electron chi connectivity index (χ1n) is 4.92. The molecule has 0 saturated carbocycles. The molecule has 0 bridgehead atoms. The van der Waals surface area contributed by atoms with Crippen LogP contribution in [0.5, 0.6) is 0 Å². The third-order valence-corrected chi connectivity index (χ3v) is 2.65. The summed E-state index contributed by atoms with van der Waals surface area (Å²) in [5.41, 5.74) is 4.11. The summed E-state index contributed by atoms with van der Waals surface area (Å²) in [6.07, 6.45) is 0. The molecule has 2 aromatic rings. The third-order valence-electron chi connectivity index (χ3n) is 2.15. The third kappa shape index (κ3) is 3.27. The second kappa shape index (κ2) is 5.27. The van der Waals surface area contributed by atoms with Gasteiger partial charge >= 0.3 is 0 Å². The van der Waals surface area contributed by atoms with Crippen LogP contribution < -0.4 is 10.6 Å². The van der Waals surface area contributed by atoms with Crippen molar-refractivity contribution in [3.63, 3.8) is 0 Å². The standard InChI is InChI=1S/C12H10Cl2N2O/c13-9-1-5-11(6-2-9)15-16(17)12-7-3-10(14)4-8-12/h1-8,15,17H. The maximum atomic E-state index is 9.78. The summed E-state index contributed by atoms with van der Waals surface area (Å²) >= 11 is 11.5. The lowest BCUT2D eigenvalue weighted by Crippen LogP contribution is -2.25. The normalized spacial score (nSPS) is 10.1. The van der Waals surface area contributed by atoms with Gasteiger partial charge in [-0.25, -0.2) is 0 Å². The minimum Gasteiger partial charge on any atom is -0.275 e. The Morgan fingerprint density at radius 2 is 1.29 bits per heavy atom. The van der Waals surface area contributed by atoms with Gasteiger partial charge in [-0.1, -0.05) is 23.2 Å². The van der Waals surface area contributed by atoms with Crippen molar-refractivity contribution in [2.24, 2.45) is 0 Å². The smallest absolute Gasteiger partial charge is 0.0877 e. The number of nitrogens with zero attached hydrogens (tertiary/aromatic N) is 1. The van der Waals surface area contributed by atoms with Crippen molar-refractivity contribution >= 4 is 34.6 Å². The molecule has 3 nitrogen and oxygen atoms in total. The lowest BCUT2D eigenvalue weighted by molar-refractivity contribution is 0.277. The zero-order valence-corrected chi connectivity index (χ0v) is 10.3. The summed E-state index contributed by atoms with van der Waals surface area (Å²) in [5, 5.41) is 12.0. The largest absolute Gasteiger partial charge is 0.275 e. The topological polar surface area (TPSA) is 35.5 Å². The number of hydrogen-bond donors (Lipinski definition) is 2. The second-order valence-electron chi connectivity index (χ2n) is 3.41. The summed E-state index contributed by atoms with van der Waals surface area (Å²) < 4.78 is 0. The van der Waals surface area contributed by atoms with Gasteiger partial charge in [0, 0.05) is 10.0 Å². The van der Waals surface area contributed by atoms with Crippen molar-refractivity contribution in [2.45, 2.75) is 0 Å². The van der Waals surface area contributed by atoms with Gasteiger partial charge in [0.15, 0.2) is 0 Å². The van der Waals surface area contributed by atoms with E-state index >= 15 is 0 Å². The molecule has 5 heteroatoms. The number of anilines is 2. The first-order chi connectivity index (χ1) is 8.15. The van der Waals surface area contributed by atoms with Crippen LogP contribution in [0.1, 0.15) is 0 Å². The minimum absolute atomic E-state index is 0.587. The van der Waals surface area contributed by atoms with E-state index in [0.29, 0.717) is 15.7 Å². The van der Waals surface area contributed by atoms with E-state index in [2.05, 4.69) is 5.43 Å². The predicted molar refractivity (Wildman–Crippen MR) is 70.8 cm³/mol. The Labute approximate surface area is 109 Å². The van der Waals surface area contributed by atoms with E-state index < -0.39 is 0 Å². The van der Waals surface area contributed by atoms with Crippen molar-refractivity contribution in [1.29, 1.82) is 0 Å². The monoisotopic (exact) mass is 268 g/mol. The van der Waals surface area contributed by atoms with E-state index in [1.807, 2.05) is 0 Å². The molecule has 0 unspecified atom stereocenters. The number of rotatable bonds is 3. The highest BCUT2D eigenvalue weighted by molar-refractivity contribution is 6.30. The summed E-state index contributed by atoms with van der Waals surface area (Å²) in [7, 11) is 0. The van der Waals surface area contributed by atoms with Crippen LogP contribution in [0.3, 0.4) is 0 Å². The average molecular weight is 269 g/mol. The summed E-state index contributed by atoms with van der Waals surface area (Å²) in [6, 6.07) is 13.8.